The van der Waals surface area contributed by atoms with Crippen LogP contribution >= 0.6 is 0 Å². The van der Waals surface area contributed by atoms with Gasteiger partial charge < -0.3 is 9.73 Å². The summed E-state index contributed by atoms with van der Waals surface area (Å²) >= 11 is 0. The molecule has 0 unspecified atom stereocenters. The summed E-state index contributed by atoms with van der Waals surface area (Å²) in [6, 6.07) is 65.1. The lowest BCUT2D eigenvalue weighted by molar-refractivity contribution is 0.670. The lowest BCUT2D eigenvalue weighted by Gasteiger charge is -2.19. The Morgan fingerprint density at radius 3 is 1.86 bits per heavy atom. The lowest BCUT2D eigenvalue weighted by Crippen LogP contribution is -1.95. The van der Waals surface area contributed by atoms with Crippen LogP contribution < -0.4 is 5.32 Å². The van der Waals surface area contributed by atoms with Gasteiger partial charge in [0.1, 0.15) is 11.2 Å². The smallest absolute Gasteiger partial charge is 0.143 e. The molecule has 0 atom stereocenters. The lowest BCUT2D eigenvalue weighted by atomic mass is 9.86. The number of anilines is 2. The zero-order valence-corrected chi connectivity index (χ0v) is 27.2. The molecule has 0 aliphatic heterocycles. The second-order valence-electron chi connectivity index (χ2n) is 12.9. The second kappa shape index (κ2) is 11.5. The van der Waals surface area contributed by atoms with Crippen LogP contribution in [0, 0.1) is 0 Å². The standard InChI is InChI=1S/C48H31NO/c1-2-13-31(14-3-1)32-25-27-34(28-26-32)49-45-23-10-8-18-37(45)43-29-33-15-4-5-16-35(33)44-30-42(36-17-6-7-20-39(36)47(43)44)41-22-12-21-40-38-19-9-11-24-46(38)50-48(40)41/h1-30,49H. The predicted molar refractivity (Wildman–Crippen MR) is 212 cm³/mol. The van der Waals surface area contributed by atoms with Gasteiger partial charge in [0.25, 0.3) is 0 Å². The summed E-state index contributed by atoms with van der Waals surface area (Å²) in [5, 5.41) is 13.4. The monoisotopic (exact) mass is 637 g/mol. The Balaban J connectivity index is 1.20. The number of nitrogens with one attached hydrogen (secondary N) is 1. The molecule has 1 N–H and O–H groups in total. The molecule has 1 aromatic heterocycles. The van der Waals surface area contributed by atoms with E-state index in [1.54, 1.807) is 0 Å². The van der Waals surface area contributed by atoms with E-state index in [4.69, 9.17) is 4.42 Å². The molecule has 0 spiro atoms. The molecule has 0 bridgehead atoms. The van der Waals surface area contributed by atoms with Gasteiger partial charge in [-0.15, -0.1) is 0 Å². The third-order valence-electron chi connectivity index (χ3n) is 10.0. The normalized spacial score (nSPS) is 11.6. The van der Waals surface area contributed by atoms with E-state index in [-0.39, 0.29) is 0 Å². The van der Waals surface area contributed by atoms with Crippen LogP contribution in [0.3, 0.4) is 0 Å². The number of fused-ring (bicyclic) bond motifs is 8. The predicted octanol–water partition coefficient (Wildman–Crippen LogP) is 13.8. The Morgan fingerprint density at radius 2 is 1.00 bits per heavy atom. The van der Waals surface area contributed by atoms with E-state index in [9.17, 15) is 0 Å². The first kappa shape index (κ1) is 28.4. The molecule has 0 aliphatic rings. The summed E-state index contributed by atoms with van der Waals surface area (Å²) in [6.07, 6.45) is 0. The van der Waals surface area contributed by atoms with Gasteiger partial charge in [-0.25, -0.2) is 0 Å². The van der Waals surface area contributed by atoms with Crippen molar-refractivity contribution in [1.29, 1.82) is 0 Å². The zero-order valence-electron chi connectivity index (χ0n) is 27.2. The van der Waals surface area contributed by atoms with Crippen LogP contribution in [0.4, 0.5) is 11.4 Å². The summed E-state index contributed by atoms with van der Waals surface area (Å²) in [5.74, 6) is 0. The molecule has 0 aliphatic carbocycles. The Morgan fingerprint density at radius 1 is 0.360 bits per heavy atom. The number of hydrogen-bond acceptors (Lipinski definition) is 2. The van der Waals surface area contributed by atoms with Crippen LogP contribution in [-0.4, -0.2) is 0 Å². The van der Waals surface area contributed by atoms with Crippen molar-refractivity contribution >= 4 is 65.6 Å². The fourth-order valence-corrected chi connectivity index (χ4v) is 7.73. The molecular formula is C48H31NO. The van der Waals surface area contributed by atoms with Gasteiger partial charge >= 0.3 is 0 Å². The highest BCUT2D eigenvalue weighted by Crippen LogP contribution is 2.46. The number of rotatable bonds is 5. The van der Waals surface area contributed by atoms with Crippen molar-refractivity contribution in [3.63, 3.8) is 0 Å². The maximum Gasteiger partial charge on any atom is 0.143 e. The molecule has 1 heterocycles. The van der Waals surface area contributed by atoms with E-state index in [1.165, 1.54) is 54.6 Å². The molecule has 10 aromatic rings. The summed E-state index contributed by atoms with van der Waals surface area (Å²) in [4.78, 5) is 0. The molecule has 0 amide bonds. The average molecular weight is 638 g/mol. The van der Waals surface area contributed by atoms with Crippen molar-refractivity contribution in [2.75, 3.05) is 5.32 Å². The molecule has 2 heteroatoms. The quantitative estimate of drug-likeness (QED) is 0.190. The van der Waals surface area contributed by atoms with Gasteiger partial charge in [-0.3, -0.25) is 0 Å². The molecule has 0 saturated heterocycles. The van der Waals surface area contributed by atoms with E-state index >= 15 is 0 Å². The molecule has 0 fully saturated rings. The van der Waals surface area contributed by atoms with Crippen LogP contribution in [0.5, 0.6) is 0 Å². The van der Waals surface area contributed by atoms with E-state index in [1.807, 2.05) is 6.07 Å². The summed E-state index contributed by atoms with van der Waals surface area (Å²) in [6.45, 7) is 0. The molecule has 0 radical (unpaired) electrons. The second-order valence-corrected chi connectivity index (χ2v) is 12.9. The van der Waals surface area contributed by atoms with E-state index in [0.717, 1.165) is 44.4 Å². The minimum atomic E-state index is 0.909. The van der Waals surface area contributed by atoms with Crippen LogP contribution in [0.25, 0.3) is 87.6 Å². The fourth-order valence-electron chi connectivity index (χ4n) is 7.73. The van der Waals surface area contributed by atoms with Crippen LogP contribution in [0.2, 0.25) is 0 Å². The third-order valence-corrected chi connectivity index (χ3v) is 10.0. The van der Waals surface area contributed by atoms with Crippen molar-refractivity contribution in [3.8, 4) is 33.4 Å². The first-order valence-corrected chi connectivity index (χ1v) is 17.1. The van der Waals surface area contributed by atoms with Crippen LogP contribution in [-0.2, 0) is 0 Å². The van der Waals surface area contributed by atoms with Gasteiger partial charge in [-0.2, -0.15) is 0 Å². The minimum absolute atomic E-state index is 0.909. The maximum absolute atomic E-state index is 6.58. The third kappa shape index (κ3) is 4.57. The topological polar surface area (TPSA) is 25.2 Å². The summed E-state index contributed by atoms with van der Waals surface area (Å²) in [7, 11) is 0. The molecule has 50 heavy (non-hydrogen) atoms. The molecule has 0 saturated carbocycles. The van der Waals surface area contributed by atoms with Gasteiger partial charge in [0.15, 0.2) is 0 Å². The summed E-state index contributed by atoms with van der Waals surface area (Å²) < 4.78 is 6.58. The van der Waals surface area contributed by atoms with E-state index in [2.05, 4.69) is 181 Å². The van der Waals surface area contributed by atoms with Gasteiger partial charge in [0.2, 0.25) is 0 Å². The van der Waals surface area contributed by atoms with Crippen LogP contribution in [0.15, 0.2) is 186 Å². The highest BCUT2D eigenvalue weighted by Gasteiger charge is 2.19. The van der Waals surface area contributed by atoms with Crippen LogP contribution in [0.1, 0.15) is 0 Å². The SMILES string of the molecule is c1ccc(-c2ccc(Nc3ccccc3-c3cc4ccccc4c4cc(-c5cccc6c5oc5ccccc56)c5ccccc5c34)cc2)cc1. The minimum Gasteiger partial charge on any atom is -0.455 e. The first-order valence-electron chi connectivity index (χ1n) is 17.1. The number of furan rings is 1. The Hall–Kier alpha value is -6.64. The first-order chi connectivity index (χ1) is 24.8. The van der Waals surface area contributed by atoms with Crippen molar-refractivity contribution in [3.05, 3.63) is 182 Å². The van der Waals surface area contributed by atoms with E-state index < -0.39 is 0 Å². The molecule has 9 aromatic carbocycles. The van der Waals surface area contributed by atoms with Gasteiger partial charge in [0, 0.05) is 33.3 Å². The van der Waals surface area contributed by atoms with Crippen molar-refractivity contribution < 1.29 is 4.42 Å². The van der Waals surface area contributed by atoms with Gasteiger partial charge in [-0.05, 0) is 91.0 Å². The maximum atomic E-state index is 6.58. The van der Waals surface area contributed by atoms with Crippen molar-refractivity contribution in [2.24, 2.45) is 0 Å². The van der Waals surface area contributed by atoms with E-state index in [0.29, 0.717) is 0 Å². The fraction of sp³-hybridized carbons (Fsp3) is 0. The highest BCUT2D eigenvalue weighted by atomic mass is 16.3. The number of para-hydroxylation sites is 3. The Labute approximate surface area is 289 Å². The number of benzene rings is 9. The number of hydrogen-bond donors (Lipinski definition) is 1. The molecule has 2 nitrogen and oxygen atoms in total. The van der Waals surface area contributed by atoms with Crippen molar-refractivity contribution in [2.45, 2.75) is 0 Å². The molecular weight excluding hydrogens is 607 g/mol. The summed E-state index contributed by atoms with van der Waals surface area (Å²) in [5.41, 5.74) is 11.0. The molecule has 234 valence electrons. The zero-order chi connectivity index (χ0) is 33.0. The Bertz CT molecular complexity index is 2880. The van der Waals surface area contributed by atoms with Gasteiger partial charge in [-0.1, -0.05) is 146 Å². The van der Waals surface area contributed by atoms with Crippen molar-refractivity contribution in [1.82, 2.24) is 0 Å². The highest BCUT2D eigenvalue weighted by molar-refractivity contribution is 6.27. The molecule has 10 rings (SSSR count). The van der Waals surface area contributed by atoms with Gasteiger partial charge in [0.05, 0.1) is 0 Å². The Kier molecular flexibility index (Phi) is 6.53. The average Bonchev–Trinajstić information content (AvgIpc) is 3.57. The largest absolute Gasteiger partial charge is 0.455 e.